The first-order valence-corrected chi connectivity index (χ1v) is 14.1. The lowest BCUT2D eigenvalue weighted by Crippen LogP contribution is -2.27. The maximum atomic E-state index is 5.10. The maximum absolute atomic E-state index is 5.10. The van der Waals surface area contributed by atoms with Crippen molar-refractivity contribution in [2.75, 3.05) is 0 Å². The normalized spacial score (nSPS) is 17.2. The second-order valence-electron chi connectivity index (χ2n) is 9.44. The summed E-state index contributed by atoms with van der Waals surface area (Å²) in [5.41, 5.74) is 0. The molecule has 0 saturated carbocycles. The van der Waals surface area contributed by atoms with Crippen LogP contribution in [0.2, 0.25) is 0 Å². The van der Waals surface area contributed by atoms with Gasteiger partial charge in [-0.15, -0.1) is 0 Å². The van der Waals surface area contributed by atoms with Crippen LogP contribution in [-0.4, -0.2) is 9.74 Å². The molecular weight excluding hydrogens is 372 g/mol. The van der Waals surface area contributed by atoms with Crippen LogP contribution in [0.25, 0.3) is 0 Å². The van der Waals surface area contributed by atoms with Crippen LogP contribution in [0.1, 0.15) is 156 Å². The molecule has 0 saturated heterocycles. The lowest BCUT2D eigenvalue weighted by molar-refractivity contribution is 0.437. The van der Waals surface area contributed by atoms with E-state index in [1.807, 2.05) is 0 Å². The highest BCUT2D eigenvalue weighted by atomic mass is 32.2. The lowest BCUT2D eigenvalue weighted by Gasteiger charge is -2.31. The van der Waals surface area contributed by atoms with Gasteiger partial charge in [-0.3, -0.25) is 0 Å². The molecule has 0 spiro atoms. The third kappa shape index (κ3) is 11.2. The van der Waals surface area contributed by atoms with Crippen molar-refractivity contribution >= 4 is 11.8 Å². The fourth-order valence-electron chi connectivity index (χ4n) is 4.54. The van der Waals surface area contributed by atoms with Crippen molar-refractivity contribution in [2.24, 2.45) is 10.2 Å². The van der Waals surface area contributed by atoms with Crippen molar-refractivity contribution < 1.29 is 0 Å². The van der Waals surface area contributed by atoms with Crippen LogP contribution in [0.4, 0.5) is 0 Å². The lowest BCUT2D eigenvalue weighted by atomic mass is 10.0. The Balaban J connectivity index is 2.73. The molecular formula is C26H52N2S. The number of thioether (sulfide) groups is 1. The van der Waals surface area contributed by atoms with Crippen LogP contribution in [0.3, 0.4) is 0 Å². The zero-order chi connectivity index (χ0) is 21.3. The van der Waals surface area contributed by atoms with Crippen LogP contribution < -0.4 is 0 Å². The third-order valence-electron chi connectivity index (χ3n) is 6.48. The number of nitrogens with zero attached hydrogens (tertiary/aromatic N) is 2. The van der Waals surface area contributed by atoms with Crippen LogP contribution in [-0.2, 0) is 0 Å². The fraction of sp³-hybridized carbons (Fsp3) is 1.00. The SMILES string of the molecule is CCCCCCC1(CCCCCC)N=NC(CCCCCC)(CCCCCC)S1. The third-order valence-corrected chi connectivity index (χ3v) is 8.22. The maximum Gasteiger partial charge on any atom is 0.129 e. The van der Waals surface area contributed by atoms with Gasteiger partial charge in [-0.1, -0.05) is 142 Å². The molecule has 0 aromatic heterocycles. The summed E-state index contributed by atoms with van der Waals surface area (Å²) in [6, 6.07) is 0. The minimum Gasteiger partial charge on any atom is -0.175 e. The Morgan fingerprint density at radius 2 is 0.690 bits per heavy atom. The molecule has 1 heterocycles. The highest BCUT2D eigenvalue weighted by molar-refractivity contribution is 8.02. The Labute approximate surface area is 187 Å². The molecule has 3 heteroatoms. The molecule has 2 nitrogen and oxygen atoms in total. The Kier molecular flexibility index (Phi) is 15.5. The monoisotopic (exact) mass is 424 g/mol. The molecule has 0 aromatic rings. The van der Waals surface area contributed by atoms with Crippen molar-refractivity contribution in [3.8, 4) is 0 Å². The van der Waals surface area contributed by atoms with Crippen LogP contribution in [0, 0.1) is 0 Å². The summed E-state index contributed by atoms with van der Waals surface area (Å²) in [5, 5.41) is 10.2. The summed E-state index contributed by atoms with van der Waals surface area (Å²) >= 11 is 2.20. The van der Waals surface area contributed by atoms with Crippen molar-refractivity contribution in [1.82, 2.24) is 0 Å². The van der Waals surface area contributed by atoms with Gasteiger partial charge in [0.05, 0.1) is 0 Å². The van der Waals surface area contributed by atoms with Crippen molar-refractivity contribution in [3.63, 3.8) is 0 Å². The summed E-state index contributed by atoms with van der Waals surface area (Å²) in [4.78, 5) is 0.188. The molecule has 0 bridgehead atoms. The van der Waals surface area contributed by atoms with Gasteiger partial charge in [-0.25, -0.2) is 0 Å². The minimum atomic E-state index is 0.0942. The molecule has 0 unspecified atom stereocenters. The van der Waals surface area contributed by atoms with Gasteiger partial charge in [0.1, 0.15) is 9.74 Å². The van der Waals surface area contributed by atoms with E-state index in [1.165, 1.54) is 128 Å². The summed E-state index contributed by atoms with van der Waals surface area (Å²) in [6.07, 6.45) is 26.5. The number of hydrogen-bond donors (Lipinski definition) is 0. The summed E-state index contributed by atoms with van der Waals surface area (Å²) in [6.45, 7) is 9.23. The Morgan fingerprint density at radius 1 is 0.414 bits per heavy atom. The molecule has 172 valence electrons. The smallest absolute Gasteiger partial charge is 0.129 e. The molecule has 0 N–H and O–H groups in total. The van der Waals surface area contributed by atoms with Gasteiger partial charge in [0.15, 0.2) is 0 Å². The van der Waals surface area contributed by atoms with Gasteiger partial charge in [0.2, 0.25) is 0 Å². The van der Waals surface area contributed by atoms with E-state index in [0.29, 0.717) is 0 Å². The molecule has 1 aliphatic rings. The predicted octanol–water partition coefficient (Wildman–Crippen LogP) is 10.5. The van der Waals surface area contributed by atoms with Crippen LogP contribution in [0.5, 0.6) is 0 Å². The Bertz CT molecular complexity index is 348. The van der Waals surface area contributed by atoms with E-state index in [4.69, 9.17) is 10.2 Å². The van der Waals surface area contributed by atoms with Gasteiger partial charge < -0.3 is 0 Å². The largest absolute Gasteiger partial charge is 0.175 e. The van der Waals surface area contributed by atoms with E-state index in [0.717, 1.165) is 0 Å². The zero-order valence-electron chi connectivity index (χ0n) is 20.4. The average Bonchev–Trinajstić information content (AvgIpc) is 3.09. The molecule has 0 amide bonds. The van der Waals surface area contributed by atoms with E-state index < -0.39 is 0 Å². The summed E-state index contributed by atoms with van der Waals surface area (Å²) in [5.74, 6) is 0. The van der Waals surface area contributed by atoms with E-state index in [2.05, 4.69) is 39.5 Å². The topological polar surface area (TPSA) is 24.7 Å². The van der Waals surface area contributed by atoms with Crippen molar-refractivity contribution in [3.05, 3.63) is 0 Å². The molecule has 0 radical (unpaired) electrons. The zero-order valence-corrected chi connectivity index (χ0v) is 21.3. The standard InChI is InChI=1S/C26H52N2S/c1-5-9-13-17-21-25(22-18-14-10-6-2)27-28-26(29-25,23-19-15-11-7-3)24-20-16-12-8-4/h5-24H2,1-4H3. The van der Waals surface area contributed by atoms with Gasteiger partial charge in [-0.05, 0) is 25.7 Å². The van der Waals surface area contributed by atoms with Crippen molar-refractivity contribution in [2.45, 2.75) is 166 Å². The predicted molar refractivity (Wildman–Crippen MR) is 133 cm³/mol. The molecule has 0 atom stereocenters. The number of azo groups is 1. The first-order chi connectivity index (χ1) is 14.2. The first-order valence-electron chi connectivity index (χ1n) is 13.3. The van der Waals surface area contributed by atoms with Gasteiger partial charge in [0, 0.05) is 0 Å². The summed E-state index contributed by atoms with van der Waals surface area (Å²) in [7, 11) is 0. The minimum absolute atomic E-state index is 0.0942. The first kappa shape index (κ1) is 27.0. The van der Waals surface area contributed by atoms with Gasteiger partial charge in [-0.2, -0.15) is 10.2 Å². The molecule has 0 fully saturated rings. The fourth-order valence-corrected chi connectivity index (χ4v) is 6.40. The van der Waals surface area contributed by atoms with E-state index in [-0.39, 0.29) is 9.74 Å². The quantitative estimate of drug-likeness (QED) is 0.178. The Morgan fingerprint density at radius 3 is 0.931 bits per heavy atom. The second kappa shape index (κ2) is 16.6. The molecule has 1 aliphatic heterocycles. The number of rotatable bonds is 20. The average molecular weight is 425 g/mol. The molecule has 0 aromatic carbocycles. The van der Waals surface area contributed by atoms with E-state index in [9.17, 15) is 0 Å². The second-order valence-corrected chi connectivity index (χ2v) is 11.2. The highest BCUT2D eigenvalue weighted by Gasteiger charge is 2.46. The highest BCUT2D eigenvalue weighted by Crippen LogP contribution is 2.55. The Hall–Kier alpha value is -0.0500. The number of hydrogen-bond acceptors (Lipinski definition) is 3. The van der Waals surface area contributed by atoms with Crippen molar-refractivity contribution in [1.29, 1.82) is 0 Å². The number of unbranched alkanes of at least 4 members (excludes halogenated alkanes) is 12. The van der Waals surface area contributed by atoms with Gasteiger partial charge in [0.25, 0.3) is 0 Å². The van der Waals surface area contributed by atoms with Crippen LogP contribution >= 0.6 is 11.8 Å². The summed E-state index contributed by atoms with van der Waals surface area (Å²) < 4.78 is 0. The molecule has 1 rings (SSSR count). The molecule has 29 heavy (non-hydrogen) atoms. The van der Waals surface area contributed by atoms with E-state index >= 15 is 0 Å². The van der Waals surface area contributed by atoms with E-state index in [1.54, 1.807) is 0 Å². The van der Waals surface area contributed by atoms with Gasteiger partial charge >= 0.3 is 0 Å². The molecule has 0 aliphatic carbocycles. The van der Waals surface area contributed by atoms with Crippen LogP contribution in [0.15, 0.2) is 10.2 Å².